The predicted molar refractivity (Wildman–Crippen MR) is 87.6 cm³/mol. The maximum absolute atomic E-state index is 11.6. The number of ether oxygens (including phenoxy) is 3. The molecule has 1 heterocycles. The van der Waals surface area contributed by atoms with E-state index in [9.17, 15) is 19.7 Å². The zero-order chi connectivity index (χ0) is 18.6. The number of cyclic esters (lactones) is 1. The van der Waals surface area contributed by atoms with Crippen molar-refractivity contribution in [3.63, 3.8) is 0 Å². The number of carbonyl (C=O) groups is 2. The average molecular weight is 352 g/mol. The van der Waals surface area contributed by atoms with Crippen LogP contribution in [0.5, 0.6) is 5.75 Å². The largest absolute Gasteiger partial charge is 0.487 e. The minimum absolute atomic E-state index is 0.101. The van der Waals surface area contributed by atoms with Crippen molar-refractivity contribution in [1.29, 1.82) is 0 Å². The van der Waals surface area contributed by atoms with Gasteiger partial charge in [-0.25, -0.2) is 4.79 Å². The van der Waals surface area contributed by atoms with Gasteiger partial charge in [-0.1, -0.05) is 0 Å². The molecule has 25 heavy (non-hydrogen) atoms. The molecule has 0 radical (unpaired) electrons. The van der Waals surface area contributed by atoms with E-state index in [1.807, 2.05) is 0 Å². The number of hydrogen-bond donors (Lipinski definition) is 1. The predicted octanol–water partition coefficient (Wildman–Crippen LogP) is 3.11. The topological polar surface area (TPSA) is 117 Å². The third-order valence-corrected chi connectivity index (χ3v) is 3.63. The van der Waals surface area contributed by atoms with Crippen molar-refractivity contribution in [2.24, 2.45) is 0 Å². The minimum Gasteiger partial charge on any atom is -0.487 e. The van der Waals surface area contributed by atoms with Crippen LogP contribution in [0.2, 0.25) is 0 Å². The van der Waals surface area contributed by atoms with Crippen LogP contribution in [0.1, 0.15) is 39.2 Å². The van der Waals surface area contributed by atoms with E-state index in [0.29, 0.717) is 24.1 Å². The summed E-state index contributed by atoms with van der Waals surface area (Å²) in [6, 6.07) is 2.78. The van der Waals surface area contributed by atoms with Crippen LogP contribution in [0.3, 0.4) is 0 Å². The van der Waals surface area contributed by atoms with Gasteiger partial charge >= 0.3 is 17.7 Å². The lowest BCUT2D eigenvalue weighted by Gasteiger charge is -2.32. The van der Waals surface area contributed by atoms with E-state index in [1.54, 1.807) is 13.8 Å². The first-order valence-corrected chi connectivity index (χ1v) is 7.80. The Labute approximate surface area is 144 Å². The molecule has 1 aromatic rings. The van der Waals surface area contributed by atoms with E-state index >= 15 is 0 Å². The highest BCUT2D eigenvalue weighted by Crippen LogP contribution is 2.42. The Balaban J connectivity index is 2.13. The smallest absolute Gasteiger partial charge is 0.412 e. The Bertz CT molecular complexity index is 700. The average Bonchev–Trinajstić information content (AvgIpc) is 2.49. The number of nitro benzene ring substituents is 1. The molecule has 0 aromatic heterocycles. The zero-order valence-electron chi connectivity index (χ0n) is 14.3. The van der Waals surface area contributed by atoms with Crippen LogP contribution >= 0.6 is 0 Å². The van der Waals surface area contributed by atoms with Crippen molar-refractivity contribution in [3.8, 4) is 5.75 Å². The Morgan fingerprint density at radius 1 is 1.32 bits per heavy atom. The van der Waals surface area contributed by atoms with E-state index in [2.05, 4.69) is 5.32 Å². The van der Waals surface area contributed by atoms with E-state index in [0.717, 1.165) is 0 Å². The van der Waals surface area contributed by atoms with Gasteiger partial charge in [-0.05, 0) is 32.8 Å². The molecular formula is C16H20N2O7. The van der Waals surface area contributed by atoms with Crippen LogP contribution in [-0.4, -0.2) is 30.2 Å². The third kappa shape index (κ3) is 4.59. The molecule has 136 valence electrons. The standard InChI is InChI=1S/C16H20N2O7/c1-10(19)23-6-4-5-7-24-14-8-11-12(9-13(14)18(21)22)17-15(20)25-16(11,2)3/h8-9H,4-7H2,1-3H3,(H,17,20). The number of amides is 1. The molecule has 0 saturated heterocycles. The minimum atomic E-state index is -0.930. The van der Waals surface area contributed by atoms with Crippen LogP contribution in [0, 0.1) is 10.1 Å². The molecule has 1 N–H and O–H groups in total. The molecule has 0 fully saturated rings. The number of nitro groups is 1. The summed E-state index contributed by atoms with van der Waals surface area (Å²) in [6.07, 6.45) is 0.493. The first kappa shape index (κ1) is 18.5. The summed E-state index contributed by atoms with van der Waals surface area (Å²) in [5, 5.41) is 13.7. The van der Waals surface area contributed by atoms with Crippen molar-refractivity contribution < 1.29 is 28.7 Å². The number of nitrogens with zero attached hydrogens (tertiary/aromatic N) is 1. The van der Waals surface area contributed by atoms with Crippen molar-refractivity contribution in [2.45, 2.75) is 39.2 Å². The van der Waals surface area contributed by atoms with Gasteiger partial charge in [0.25, 0.3) is 0 Å². The lowest BCUT2D eigenvalue weighted by atomic mass is 9.94. The van der Waals surface area contributed by atoms with Gasteiger partial charge in [-0.3, -0.25) is 20.2 Å². The molecular weight excluding hydrogens is 332 g/mol. The van der Waals surface area contributed by atoms with Gasteiger partial charge in [0.05, 0.1) is 23.8 Å². The van der Waals surface area contributed by atoms with Crippen LogP contribution in [0.25, 0.3) is 0 Å². The quantitative estimate of drug-likeness (QED) is 0.347. The Hall–Kier alpha value is -2.84. The molecule has 0 unspecified atom stereocenters. The van der Waals surface area contributed by atoms with Crippen molar-refractivity contribution in [1.82, 2.24) is 0 Å². The molecule has 0 saturated carbocycles. The molecule has 0 bridgehead atoms. The van der Waals surface area contributed by atoms with Gasteiger partial charge in [0, 0.05) is 18.6 Å². The molecule has 0 spiro atoms. The number of hydrogen-bond acceptors (Lipinski definition) is 7. The summed E-state index contributed by atoms with van der Waals surface area (Å²) in [5.74, 6) is -0.250. The van der Waals surface area contributed by atoms with E-state index in [4.69, 9.17) is 14.2 Å². The highest BCUT2D eigenvalue weighted by Gasteiger charge is 2.36. The fourth-order valence-corrected chi connectivity index (χ4v) is 2.45. The van der Waals surface area contributed by atoms with Crippen LogP contribution in [0.15, 0.2) is 12.1 Å². The number of anilines is 1. The second-order valence-electron chi connectivity index (χ2n) is 6.04. The normalized spacial score (nSPS) is 14.8. The van der Waals surface area contributed by atoms with Crippen molar-refractivity contribution in [3.05, 3.63) is 27.8 Å². The van der Waals surface area contributed by atoms with Crippen LogP contribution < -0.4 is 10.1 Å². The van der Waals surface area contributed by atoms with Gasteiger partial charge in [0.1, 0.15) is 5.60 Å². The maximum atomic E-state index is 11.6. The summed E-state index contributed by atoms with van der Waals surface area (Å²) in [4.78, 5) is 32.9. The van der Waals surface area contributed by atoms with E-state index in [-0.39, 0.29) is 30.6 Å². The van der Waals surface area contributed by atoms with Gasteiger partial charge in [-0.2, -0.15) is 0 Å². The molecule has 9 nitrogen and oxygen atoms in total. The molecule has 2 rings (SSSR count). The van der Waals surface area contributed by atoms with E-state index < -0.39 is 16.6 Å². The fourth-order valence-electron chi connectivity index (χ4n) is 2.45. The Kier molecular flexibility index (Phi) is 5.45. The van der Waals surface area contributed by atoms with Crippen molar-refractivity contribution >= 4 is 23.4 Å². The number of unbranched alkanes of at least 4 members (excludes halogenated alkanes) is 1. The summed E-state index contributed by atoms with van der Waals surface area (Å²) < 4.78 is 15.6. The molecule has 1 amide bonds. The second-order valence-corrected chi connectivity index (χ2v) is 6.04. The van der Waals surface area contributed by atoms with Gasteiger partial charge in [0.2, 0.25) is 0 Å². The molecule has 9 heteroatoms. The highest BCUT2D eigenvalue weighted by molar-refractivity contribution is 5.90. The summed E-state index contributed by atoms with van der Waals surface area (Å²) in [6.45, 7) is 5.22. The van der Waals surface area contributed by atoms with Gasteiger partial charge in [-0.15, -0.1) is 0 Å². The molecule has 0 aliphatic carbocycles. The summed E-state index contributed by atoms with van der Waals surface area (Å²) in [7, 11) is 0. The van der Waals surface area contributed by atoms with E-state index in [1.165, 1.54) is 19.1 Å². The second kappa shape index (κ2) is 7.37. The van der Waals surface area contributed by atoms with Gasteiger partial charge < -0.3 is 14.2 Å². The number of carbonyl (C=O) groups excluding carboxylic acids is 2. The maximum Gasteiger partial charge on any atom is 0.412 e. The monoisotopic (exact) mass is 352 g/mol. The lowest BCUT2D eigenvalue weighted by molar-refractivity contribution is -0.385. The SMILES string of the molecule is CC(=O)OCCCCOc1cc2c(cc1[N+](=O)[O-])NC(=O)OC2(C)C. The number of benzene rings is 1. The molecule has 1 aromatic carbocycles. The third-order valence-electron chi connectivity index (χ3n) is 3.63. The number of nitrogens with one attached hydrogen (secondary N) is 1. The van der Waals surface area contributed by atoms with Gasteiger partial charge in [0.15, 0.2) is 5.75 Å². The Morgan fingerprint density at radius 3 is 2.64 bits per heavy atom. The molecule has 1 aliphatic rings. The Morgan fingerprint density at radius 2 is 2.00 bits per heavy atom. The number of esters is 1. The highest BCUT2D eigenvalue weighted by atomic mass is 16.6. The molecule has 1 aliphatic heterocycles. The first-order chi connectivity index (χ1) is 11.7. The number of fused-ring (bicyclic) bond motifs is 1. The van der Waals surface area contributed by atoms with Crippen molar-refractivity contribution in [2.75, 3.05) is 18.5 Å². The first-order valence-electron chi connectivity index (χ1n) is 7.80. The fraction of sp³-hybridized carbons (Fsp3) is 0.500. The van der Waals surface area contributed by atoms with Crippen LogP contribution in [-0.2, 0) is 19.9 Å². The number of rotatable bonds is 7. The van der Waals surface area contributed by atoms with Crippen LogP contribution in [0.4, 0.5) is 16.2 Å². The summed E-state index contributed by atoms with van der Waals surface area (Å²) in [5.41, 5.74) is -0.250. The lowest BCUT2D eigenvalue weighted by Crippen LogP contribution is -2.34. The molecule has 0 atom stereocenters. The summed E-state index contributed by atoms with van der Waals surface area (Å²) >= 11 is 0. The zero-order valence-corrected chi connectivity index (χ0v) is 14.3.